The van der Waals surface area contributed by atoms with E-state index < -0.39 is 0 Å². The predicted molar refractivity (Wildman–Crippen MR) is 78.4 cm³/mol. The zero-order chi connectivity index (χ0) is 14.2. The molecule has 0 spiro atoms. The van der Waals surface area contributed by atoms with Gasteiger partial charge >= 0.3 is 0 Å². The number of nitrogens with two attached hydrogens (primary N) is 1. The summed E-state index contributed by atoms with van der Waals surface area (Å²) in [5.41, 5.74) is 14.1. The molecule has 0 aliphatic heterocycles. The van der Waals surface area contributed by atoms with Crippen LogP contribution >= 0.6 is 0 Å². The Balaban J connectivity index is 2.72. The van der Waals surface area contributed by atoms with Crippen molar-refractivity contribution in [2.75, 3.05) is 6.54 Å². The molecule has 1 aromatic carbocycles. The van der Waals surface area contributed by atoms with Gasteiger partial charge in [-0.05, 0) is 69.8 Å². The van der Waals surface area contributed by atoms with Crippen molar-refractivity contribution in [1.82, 2.24) is 5.16 Å². The molecular formula is C16H22N2O. The monoisotopic (exact) mass is 258 g/mol. The van der Waals surface area contributed by atoms with Crippen molar-refractivity contribution in [2.24, 2.45) is 5.73 Å². The molecule has 3 nitrogen and oxygen atoms in total. The molecule has 1 heterocycles. The second-order valence-electron chi connectivity index (χ2n) is 5.25. The van der Waals surface area contributed by atoms with Crippen LogP contribution < -0.4 is 5.73 Å². The van der Waals surface area contributed by atoms with Gasteiger partial charge in [-0.25, -0.2) is 0 Å². The highest BCUT2D eigenvalue weighted by atomic mass is 16.5. The number of aromatic nitrogens is 1. The molecule has 0 aliphatic carbocycles. The molecule has 102 valence electrons. The normalized spacial score (nSPS) is 11.1. The molecule has 2 rings (SSSR count). The van der Waals surface area contributed by atoms with E-state index in [2.05, 4.69) is 38.9 Å². The average molecular weight is 258 g/mol. The van der Waals surface area contributed by atoms with Crippen molar-refractivity contribution >= 4 is 0 Å². The molecule has 1 aromatic heterocycles. The molecule has 0 fully saturated rings. The Bertz CT molecular complexity index is 585. The summed E-state index contributed by atoms with van der Waals surface area (Å²) in [6.07, 6.45) is 0.802. The summed E-state index contributed by atoms with van der Waals surface area (Å²) in [4.78, 5) is 0. The van der Waals surface area contributed by atoms with Gasteiger partial charge in [-0.3, -0.25) is 0 Å². The SMILES string of the molecule is Cc1cc(C)c(C)c(-c2onc(C)c2CCN)c1C. The lowest BCUT2D eigenvalue weighted by atomic mass is 9.90. The quantitative estimate of drug-likeness (QED) is 0.918. The summed E-state index contributed by atoms with van der Waals surface area (Å²) in [6, 6.07) is 2.22. The lowest BCUT2D eigenvalue weighted by molar-refractivity contribution is 0.426. The van der Waals surface area contributed by atoms with Gasteiger partial charge in [0.1, 0.15) is 0 Å². The first-order valence-corrected chi connectivity index (χ1v) is 6.70. The second kappa shape index (κ2) is 5.17. The van der Waals surface area contributed by atoms with E-state index in [0.717, 1.165) is 23.4 Å². The third-order valence-corrected chi connectivity index (χ3v) is 3.97. The number of rotatable bonds is 3. The molecule has 2 aromatic rings. The van der Waals surface area contributed by atoms with Crippen LogP contribution in [0.2, 0.25) is 0 Å². The Hall–Kier alpha value is -1.61. The zero-order valence-corrected chi connectivity index (χ0v) is 12.4. The third kappa shape index (κ3) is 2.30. The molecule has 0 saturated carbocycles. The van der Waals surface area contributed by atoms with Crippen molar-refractivity contribution in [3.8, 4) is 11.3 Å². The molecule has 19 heavy (non-hydrogen) atoms. The van der Waals surface area contributed by atoms with Crippen LogP contribution in [0.4, 0.5) is 0 Å². The molecule has 0 atom stereocenters. The van der Waals surface area contributed by atoms with Crippen molar-refractivity contribution in [3.05, 3.63) is 39.6 Å². The maximum absolute atomic E-state index is 5.70. The number of aryl methyl sites for hydroxylation is 3. The first kappa shape index (κ1) is 13.8. The molecule has 3 heteroatoms. The molecule has 0 amide bonds. The average Bonchev–Trinajstić information content (AvgIpc) is 2.71. The summed E-state index contributed by atoms with van der Waals surface area (Å²) < 4.78 is 5.60. The van der Waals surface area contributed by atoms with Crippen molar-refractivity contribution in [1.29, 1.82) is 0 Å². The van der Waals surface area contributed by atoms with Crippen LogP contribution in [0.25, 0.3) is 11.3 Å². The Morgan fingerprint density at radius 1 is 1.05 bits per heavy atom. The first-order valence-electron chi connectivity index (χ1n) is 6.70. The highest BCUT2D eigenvalue weighted by Gasteiger charge is 2.19. The number of benzene rings is 1. The van der Waals surface area contributed by atoms with Crippen LogP contribution in [-0.4, -0.2) is 11.7 Å². The lowest BCUT2D eigenvalue weighted by Gasteiger charge is -2.14. The van der Waals surface area contributed by atoms with Gasteiger partial charge in [0.05, 0.1) is 5.69 Å². The molecule has 0 bridgehead atoms. The second-order valence-corrected chi connectivity index (χ2v) is 5.25. The molecular weight excluding hydrogens is 236 g/mol. The van der Waals surface area contributed by atoms with Crippen LogP contribution in [0.1, 0.15) is 33.5 Å². The maximum Gasteiger partial charge on any atom is 0.170 e. The van der Waals surface area contributed by atoms with E-state index >= 15 is 0 Å². The number of nitrogens with zero attached hydrogens (tertiary/aromatic N) is 1. The summed E-state index contributed by atoms with van der Waals surface area (Å²) >= 11 is 0. The van der Waals surface area contributed by atoms with Crippen molar-refractivity contribution in [3.63, 3.8) is 0 Å². The van der Waals surface area contributed by atoms with Gasteiger partial charge in [0.15, 0.2) is 5.76 Å². The van der Waals surface area contributed by atoms with Gasteiger partial charge in [-0.1, -0.05) is 11.2 Å². The zero-order valence-electron chi connectivity index (χ0n) is 12.4. The number of hydrogen-bond donors (Lipinski definition) is 1. The van der Waals surface area contributed by atoms with Crippen LogP contribution in [-0.2, 0) is 6.42 Å². The van der Waals surface area contributed by atoms with Gasteiger partial charge in [0.25, 0.3) is 0 Å². The fourth-order valence-corrected chi connectivity index (χ4v) is 2.58. The van der Waals surface area contributed by atoms with E-state index in [1.165, 1.54) is 27.8 Å². The Labute approximate surface area is 114 Å². The van der Waals surface area contributed by atoms with E-state index in [9.17, 15) is 0 Å². The van der Waals surface area contributed by atoms with Gasteiger partial charge in [-0.15, -0.1) is 0 Å². The van der Waals surface area contributed by atoms with Crippen molar-refractivity contribution in [2.45, 2.75) is 41.0 Å². The largest absolute Gasteiger partial charge is 0.356 e. The lowest BCUT2D eigenvalue weighted by Crippen LogP contribution is -2.05. The number of hydrogen-bond acceptors (Lipinski definition) is 3. The van der Waals surface area contributed by atoms with Crippen LogP contribution in [0, 0.1) is 34.6 Å². The maximum atomic E-state index is 5.70. The fraction of sp³-hybridized carbons (Fsp3) is 0.438. The van der Waals surface area contributed by atoms with Crippen LogP contribution in [0.3, 0.4) is 0 Å². The predicted octanol–water partition coefficient (Wildman–Crippen LogP) is 3.38. The first-order chi connectivity index (χ1) is 8.97. The Morgan fingerprint density at radius 2 is 1.63 bits per heavy atom. The minimum Gasteiger partial charge on any atom is -0.356 e. The molecule has 2 N–H and O–H groups in total. The minimum absolute atomic E-state index is 0.609. The molecule has 0 unspecified atom stereocenters. The van der Waals surface area contributed by atoms with Gasteiger partial charge in [0, 0.05) is 11.1 Å². The van der Waals surface area contributed by atoms with E-state index in [4.69, 9.17) is 10.3 Å². The fourth-order valence-electron chi connectivity index (χ4n) is 2.58. The minimum atomic E-state index is 0.609. The summed E-state index contributed by atoms with van der Waals surface area (Å²) in [7, 11) is 0. The van der Waals surface area contributed by atoms with Gasteiger partial charge in [-0.2, -0.15) is 0 Å². The van der Waals surface area contributed by atoms with Crippen LogP contribution in [0.15, 0.2) is 10.6 Å². The van der Waals surface area contributed by atoms with Crippen molar-refractivity contribution < 1.29 is 4.52 Å². The third-order valence-electron chi connectivity index (χ3n) is 3.97. The Kier molecular flexibility index (Phi) is 3.76. The highest BCUT2D eigenvalue weighted by molar-refractivity contribution is 5.72. The van der Waals surface area contributed by atoms with E-state index in [-0.39, 0.29) is 0 Å². The van der Waals surface area contributed by atoms with E-state index in [1.807, 2.05) is 6.92 Å². The molecule has 0 aliphatic rings. The topological polar surface area (TPSA) is 52.0 Å². The molecule has 0 saturated heterocycles. The Morgan fingerprint density at radius 3 is 2.16 bits per heavy atom. The van der Waals surface area contributed by atoms with Crippen LogP contribution in [0.5, 0.6) is 0 Å². The van der Waals surface area contributed by atoms with Gasteiger partial charge < -0.3 is 10.3 Å². The summed E-state index contributed by atoms with van der Waals surface area (Å²) in [5, 5.41) is 4.12. The smallest absolute Gasteiger partial charge is 0.170 e. The summed E-state index contributed by atoms with van der Waals surface area (Å²) in [5.74, 6) is 0.893. The summed E-state index contributed by atoms with van der Waals surface area (Å²) in [6.45, 7) is 11.1. The van der Waals surface area contributed by atoms with E-state index in [0.29, 0.717) is 6.54 Å². The van der Waals surface area contributed by atoms with Gasteiger partial charge in [0.2, 0.25) is 0 Å². The van der Waals surface area contributed by atoms with E-state index in [1.54, 1.807) is 0 Å². The standard InChI is InChI=1S/C16H22N2O/c1-9-8-10(2)12(4)15(11(9)3)16-14(6-7-17)13(5)18-19-16/h8H,6-7,17H2,1-5H3. The highest BCUT2D eigenvalue weighted by Crippen LogP contribution is 2.34. The molecule has 0 radical (unpaired) electrons.